The fourth-order valence-corrected chi connectivity index (χ4v) is 0.747. The molecule has 60 valence electrons. The van der Waals surface area contributed by atoms with Gasteiger partial charge in [-0.05, 0) is 32.9 Å². The van der Waals surface area contributed by atoms with Gasteiger partial charge in [0, 0.05) is 0 Å². The second-order valence-corrected chi connectivity index (χ2v) is 2.20. The lowest BCUT2D eigenvalue weighted by Gasteiger charge is -1.99. The Bertz CT molecular complexity index is 73.7. The van der Waals surface area contributed by atoms with Crippen molar-refractivity contribution in [3.8, 4) is 0 Å². The maximum atomic E-state index is 4.96. The molecule has 2 nitrogen and oxygen atoms in total. The summed E-state index contributed by atoms with van der Waals surface area (Å²) in [5, 5.41) is 3.10. The van der Waals surface area contributed by atoms with E-state index in [9.17, 15) is 0 Å². The van der Waals surface area contributed by atoms with Crippen LogP contribution in [0.25, 0.3) is 0 Å². The van der Waals surface area contributed by atoms with Crippen LogP contribution in [0.15, 0.2) is 12.8 Å². The van der Waals surface area contributed by atoms with Crippen molar-refractivity contribution in [3.63, 3.8) is 0 Å². The molecule has 0 unspecified atom stereocenters. The monoisotopic (exact) mass is 143 g/mol. The average molecular weight is 143 g/mol. The van der Waals surface area contributed by atoms with Crippen LogP contribution in [0.4, 0.5) is 0 Å². The molecule has 0 aliphatic heterocycles. The van der Waals surface area contributed by atoms with Gasteiger partial charge in [-0.2, -0.15) is 0 Å². The number of hydrogen-bond acceptors (Lipinski definition) is 2. The minimum Gasteiger partial charge on any atom is -0.502 e. The van der Waals surface area contributed by atoms with Crippen LogP contribution in [0.2, 0.25) is 0 Å². The third-order valence-corrected chi connectivity index (χ3v) is 1.31. The average Bonchev–Trinajstić information content (AvgIpc) is 1.97. The lowest BCUT2D eigenvalue weighted by atomic mass is 10.2. The molecule has 0 spiro atoms. The zero-order valence-electron chi connectivity index (χ0n) is 6.73. The molecule has 1 N–H and O–H groups in total. The van der Waals surface area contributed by atoms with Gasteiger partial charge in [-0.1, -0.05) is 6.58 Å². The molecule has 0 aromatic carbocycles. The summed E-state index contributed by atoms with van der Waals surface area (Å²) >= 11 is 0. The Balaban J connectivity index is 2.70. The Kier molecular flexibility index (Phi) is 8.07. The number of rotatable bonds is 7. The minimum absolute atomic E-state index is 0.813. The summed E-state index contributed by atoms with van der Waals surface area (Å²) in [7, 11) is 1.97. The first-order valence-corrected chi connectivity index (χ1v) is 3.79. The highest BCUT2D eigenvalue weighted by Crippen LogP contribution is 1.93. The van der Waals surface area contributed by atoms with Gasteiger partial charge in [-0.25, -0.2) is 0 Å². The third-order valence-electron chi connectivity index (χ3n) is 1.31. The van der Waals surface area contributed by atoms with Crippen LogP contribution in [-0.4, -0.2) is 20.2 Å². The Hall–Kier alpha value is -0.500. The molecule has 0 radical (unpaired) electrons. The smallest absolute Gasteiger partial charge is 0.0873 e. The lowest BCUT2D eigenvalue weighted by Crippen LogP contribution is -2.07. The van der Waals surface area contributed by atoms with E-state index in [-0.39, 0.29) is 0 Å². The molecule has 2 heteroatoms. The Morgan fingerprint density at radius 1 is 1.40 bits per heavy atom. The van der Waals surface area contributed by atoms with E-state index in [2.05, 4.69) is 11.9 Å². The normalized spacial score (nSPS) is 9.30. The molecule has 0 aliphatic carbocycles. The van der Waals surface area contributed by atoms with Crippen molar-refractivity contribution in [1.29, 1.82) is 0 Å². The van der Waals surface area contributed by atoms with Crippen LogP contribution in [0.3, 0.4) is 0 Å². The molecule has 10 heavy (non-hydrogen) atoms. The van der Waals surface area contributed by atoms with Crippen LogP contribution in [0.1, 0.15) is 19.3 Å². The van der Waals surface area contributed by atoms with E-state index >= 15 is 0 Å². The van der Waals surface area contributed by atoms with Crippen molar-refractivity contribution in [2.45, 2.75) is 19.3 Å². The molecule has 0 aliphatic rings. The van der Waals surface area contributed by atoms with Gasteiger partial charge in [0.2, 0.25) is 0 Å². The fourth-order valence-electron chi connectivity index (χ4n) is 0.747. The van der Waals surface area contributed by atoms with E-state index in [1.54, 1.807) is 0 Å². The van der Waals surface area contributed by atoms with Gasteiger partial charge in [0.25, 0.3) is 0 Å². The van der Waals surface area contributed by atoms with Crippen LogP contribution in [-0.2, 0) is 4.74 Å². The molecule has 0 saturated heterocycles. The van der Waals surface area contributed by atoms with Crippen molar-refractivity contribution in [1.82, 2.24) is 5.32 Å². The van der Waals surface area contributed by atoms with Gasteiger partial charge in [-0.15, -0.1) is 0 Å². The second-order valence-electron chi connectivity index (χ2n) is 2.20. The van der Waals surface area contributed by atoms with Crippen molar-refractivity contribution in [3.05, 3.63) is 12.8 Å². The van der Waals surface area contributed by atoms with E-state index in [4.69, 9.17) is 4.74 Å². The van der Waals surface area contributed by atoms with Gasteiger partial charge >= 0.3 is 0 Å². The predicted molar refractivity (Wildman–Crippen MR) is 43.9 cm³/mol. The number of hydrogen-bond donors (Lipinski definition) is 1. The number of nitrogens with one attached hydrogen (secondary N) is 1. The van der Waals surface area contributed by atoms with Crippen molar-refractivity contribution in [2.24, 2.45) is 0 Å². The van der Waals surface area contributed by atoms with E-state index in [0.29, 0.717) is 0 Å². The maximum absolute atomic E-state index is 4.96. The first-order valence-electron chi connectivity index (χ1n) is 3.79. The SMILES string of the molecule is C=COCCCCCNC. The largest absolute Gasteiger partial charge is 0.502 e. The Morgan fingerprint density at radius 3 is 2.80 bits per heavy atom. The molecule has 0 bridgehead atoms. The zero-order chi connectivity index (χ0) is 7.66. The summed E-state index contributed by atoms with van der Waals surface area (Å²) in [5.74, 6) is 0. The lowest BCUT2D eigenvalue weighted by molar-refractivity contribution is 0.242. The van der Waals surface area contributed by atoms with Crippen molar-refractivity contribution < 1.29 is 4.74 Å². The molecule has 0 heterocycles. The Morgan fingerprint density at radius 2 is 2.20 bits per heavy atom. The van der Waals surface area contributed by atoms with E-state index in [0.717, 1.165) is 19.6 Å². The molecule has 0 aromatic heterocycles. The van der Waals surface area contributed by atoms with Crippen LogP contribution in [0.5, 0.6) is 0 Å². The third kappa shape index (κ3) is 7.50. The molecular weight excluding hydrogens is 126 g/mol. The molecule has 0 amide bonds. The van der Waals surface area contributed by atoms with Crippen LogP contribution >= 0.6 is 0 Å². The van der Waals surface area contributed by atoms with Crippen LogP contribution in [0, 0.1) is 0 Å². The second kappa shape index (κ2) is 8.50. The summed E-state index contributed by atoms with van der Waals surface area (Å²) < 4.78 is 4.96. The summed E-state index contributed by atoms with van der Waals surface area (Å²) in [5.41, 5.74) is 0. The van der Waals surface area contributed by atoms with Gasteiger partial charge in [0.15, 0.2) is 0 Å². The first-order chi connectivity index (χ1) is 4.91. The summed E-state index contributed by atoms with van der Waals surface area (Å²) in [6.45, 7) is 5.38. The topological polar surface area (TPSA) is 21.3 Å². The zero-order valence-corrected chi connectivity index (χ0v) is 6.73. The van der Waals surface area contributed by atoms with E-state index < -0.39 is 0 Å². The quantitative estimate of drug-likeness (QED) is 0.431. The van der Waals surface area contributed by atoms with Crippen molar-refractivity contribution in [2.75, 3.05) is 20.2 Å². The number of unbranched alkanes of at least 4 members (excludes halogenated alkanes) is 2. The highest BCUT2D eigenvalue weighted by atomic mass is 16.5. The van der Waals surface area contributed by atoms with Crippen molar-refractivity contribution >= 4 is 0 Å². The molecular formula is C8H17NO. The molecule has 0 rings (SSSR count). The highest BCUT2D eigenvalue weighted by Gasteiger charge is 1.86. The van der Waals surface area contributed by atoms with Gasteiger partial charge in [-0.3, -0.25) is 0 Å². The molecule has 0 saturated carbocycles. The molecule has 0 atom stereocenters. The first kappa shape index (κ1) is 9.50. The van der Waals surface area contributed by atoms with Gasteiger partial charge in [0.05, 0.1) is 12.9 Å². The fraction of sp³-hybridized carbons (Fsp3) is 0.750. The Labute approximate surface area is 63.3 Å². The van der Waals surface area contributed by atoms with Crippen LogP contribution < -0.4 is 5.32 Å². The minimum atomic E-state index is 0.813. The predicted octanol–water partition coefficient (Wildman–Crippen LogP) is 1.54. The number of ether oxygens (including phenoxy) is 1. The van der Waals surface area contributed by atoms with E-state index in [1.807, 2.05) is 7.05 Å². The summed E-state index contributed by atoms with van der Waals surface area (Å²) in [4.78, 5) is 0. The highest BCUT2D eigenvalue weighted by molar-refractivity contribution is 4.49. The summed E-state index contributed by atoms with van der Waals surface area (Å²) in [6, 6.07) is 0. The molecule has 0 aromatic rings. The van der Waals surface area contributed by atoms with Gasteiger partial charge < -0.3 is 10.1 Å². The summed E-state index contributed by atoms with van der Waals surface area (Å²) in [6.07, 6.45) is 5.09. The van der Waals surface area contributed by atoms with Gasteiger partial charge in [0.1, 0.15) is 0 Å². The molecule has 0 fully saturated rings. The van der Waals surface area contributed by atoms with E-state index in [1.165, 1.54) is 19.1 Å². The maximum Gasteiger partial charge on any atom is 0.0873 e. The standard InChI is InChI=1S/C8H17NO/c1-3-10-8-6-4-5-7-9-2/h3,9H,1,4-8H2,2H3.